The third-order valence-electron chi connectivity index (χ3n) is 6.86. The quantitative estimate of drug-likeness (QED) is 0.432. The normalized spacial score (nSPS) is 18.5. The molecule has 1 unspecified atom stereocenters. The summed E-state index contributed by atoms with van der Waals surface area (Å²) in [5.41, 5.74) is 3.92. The number of imidazole rings is 1. The molecule has 0 aliphatic carbocycles. The molecule has 4 aromatic rings. The Labute approximate surface area is 205 Å². The summed E-state index contributed by atoms with van der Waals surface area (Å²) in [5.74, 6) is 2.95. The number of rotatable bonds is 6. The van der Waals surface area contributed by atoms with Gasteiger partial charge in [-0.1, -0.05) is 0 Å². The van der Waals surface area contributed by atoms with Crippen LogP contribution in [0.2, 0.25) is 0 Å². The monoisotopic (exact) mass is 469 g/mol. The molecule has 180 valence electrons. The van der Waals surface area contributed by atoms with Crippen molar-refractivity contribution < 1.29 is 0 Å². The van der Waals surface area contributed by atoms with Gasteiger partial charge in [-0.05, 0) is 70.0 Å². The predicted octanol–water partition coefficient (Wildman–Crippen LogP) is 4.30. The molecule has 0 bridgehead atoms. The van der Waals surface area contributed by atoms with Gasteiger partial charge in [0.15, 0.2) is 0 Å². The van der Waals surface area contributed by atoms with Crippen molar-refractivity contribution in [1.82, 2.24) is 29.2 Å². The fourth-order valence-electron chi connectivity index (χ4n) is 5.23. The number of hydrogen-bond acceptors (Lipinski definition) is 8. The molecule has 6 rings (SSSR count). The maximum atomic E-state index is 4.90. The Morgan fingerprint density at radius 3 is 2.60 bits per heavy atom. The summed E-state index contributed by atoms with van der Waals surface area (Å²) in [5, 5.41) is 6.80. The van der Waals surface area contributed by atoms with E-state index in [0.717, 1.165) is 53.1 Å². The minimum Gasteiger partial charge on any atom is -0.355 e. The number of nitrogens with zero attached hydrogens (tertiary/aromatic N) is 7. The number of pyridine rings is 2. The van der Waals surface area contributed by atoms with Gasteiger partial charge in [-0.15, -0.1) is 0 Å². The molecule has 0 saturated carbocycles. The number of nitrogens with one attached hydrogen (secondary N) is 2. The SMILES string of the molecule is Cc1cc(C)nc(Nc2nc(Nc3ccn4ccnc4c3)cc(N3CCC(N4CCCC4)C3)n2)c1. The molecule has 0 spiro atoms. The number of aromatic nitrogens is 5. The van der Waals surface area contributed by atoms with E-state index in [1.807, 2.05) is 48.0 Å². The second-order valence-corrected chi connectivity index (χ2v) is 9.60. The zero-order chi connectivity index (χ0) is 23.8. The van der Waals surface area contributed by atoms with Crippen molar-refractivity contribution in [2.45, 2.75) is 39.2 Å². The second-order valence-electron chi connectivity index (χ2n) is 9.60. The van der Waals surface area contributed by atoms with E-state index < -0.39 is 0 Å². The van der Waals surface area contributed by atoms with E-state index in [9.17, 15) is 0 Å². The van der Waals surface area contributed by atoms with Crippen LogP contribution in [-0.4, -0.2) is 61.5 Å². The number of likely N-dealkylation sites (tertiary alicyclic amines) is 1. The van der Waals surface area contributed by atoms with Crippen molar-refractivity contribution in [3.63, 3.8) is 0 Å². The molecule has 2 N–H and O–H groups in total. The minimum absolute atomic E-state index is 0.536. The lowest BCUT2D eigenvalue weighted by atomic mass is 10.2. The number of fused-ring (bicyclic) bond motifs is 1. The third-order valence-corrected chi connectivity index (χ3v) is 6.86. The van der Waals surface area contributed by atoms with E-state index >= 15 is 0 Å². The van der Waals surface area contributed by atoms with Crippen LogP contribution in [-0.2, 0) is 0 Å². The van der Waals surface area contributed by atoms with Gasteiger partial charge in [0, 0.05) is 61.2 Å². The molecule has 35 heavy (non-hydrogen) atoms. The molecule has 0 radical (unpaired) electrons. The van der Waals surface area contributed by atoms with Crippen LogP contribution in [0.5, 0.6) is 0 Å². The number of anilines is 5. The van der Waals surface area contributed by atoms with Gasteiger partial charge in [-0.25, -0.2) is 9.97 Å². The van der Waals surface area contributed by atoms with Gasteiger partial charge in [0.25, 0.3) is 0 Å². The van der Waals surface area contributed by atoms with Crippen LogP contribution in [0.15, 0.2) is 48.9 Å². The van der Waals surface area contributed by atoms with Gasteiger partial charge in [0.1, 0.15) is 23.1 Å². The highest BCUT2D eigenvalue weighted by Gasteiger charge is 2.30. The first kappa shape index (κ1) is 21.8. The minimum atomic E-state index is 0.536. The summed E-state index contributed by atoms with van der Waals surface area (Å²) in [6, 6.07) is 10.8. The average molecular weight is 470 g/mol. The Morgan fingerprint density at radius 1 is 0.886 bits per heavy atom. The molecule has 9 nitrogen and oxygen atoms in total. The average Bonchev–Trinajstić information content (AvgIpc) is 3.59. The van der Waals surface area contributed by atoms with Crippen LogP contribution in [0.3, 0.4) is 0 Å². The highest BCUT2D eigenvalue weighted by atomic mass is 15.3. The second kappa shape index (κ2) is 9.14. The van der Waals surface area contributed by atoms with Gasteiger partial charge in [-0.2, -0.15) is 9.97 Å². The molecule has 2 aliphatic heterocycles. The van der Waals surface area contributed by atoms with Gasteiger partial charge in [0.05, 0.1) is 0 Å². The van der Waals surface area contributed by atoms with Crippen molar-refractivity contribution in [3.05, 3.63) is 60.2 Å². The molecular formula is C26H31N9. The smallest absolute Gasteiger partial charge is 0.232 e. The van der Waals surface area contributed by atoms with Crippen LogP contribution >= 0.6 is 0 Å². The number of aryl methyl sites for hydroxylation is 2. The molecule has 2 aliphatic rings. The predicted molar refractivity (Wildman–Crippen MR) is 139 cm³/mol. The molecular weight excluding hydrogens is 438 g/mol. The van der Waals surface area contributed by atoms with Crippen molar-refractivity contribution in [2.75, 3.05) is 41.7 Å². The van der Waals surface area contributed by atoms with E-state index in [4.69, 9.17) is 9.97 Å². The standard InChI is InChI=1S/C26H31N9/c1-18-13-19(2)28-22(14-18)30-26-31-23(29-20-5-10-34-12-7-27-24(34)15-20)16-25(32-26)35-11-6-21(17-35)33-8-3-4-9-33/h5,7,10,12-16,21H,3-4,6,8-9,11,17H2,1-2H3,(H2,28,29,30,31,32). The molecule has 2 saturated heterocycles. The van der Waals surface area contributed by atoms with Gasteiger partial charge < -0.3 is 19.9 Å². The largest absolute Gasteiger partial charge is 0.355 e. The molecule has 0 aromatic carbocycles. The van der Waals surface area contributed by atoms with Crippen LogP contribution < -0.4 is 15.5 Å². The highest BCUT2D eigenvalue weighted by Crippen LogP contribution is 2.28. The Balaban J connectivity index is 1.30. The fourth-order valence-corrected chi connectivity index (χ4v) is 5.23. The van der Waals surface area contributed by atoms with Gasteiger partial charge in [0.2, 0.25) is 5.95 Å². The van der Waals surface area contributed by atoms with E-state index in [1.54, 1.807) is 6.20 Å². The summed E-state index contributed by atoms with van der Waals surface area (Å²) in [6.45, 7) is 8.50. The fraction of sp³-hybridized carbons (Fsp3) is 0.385. The third kappa shape index (κ3) is 4.77. The maximum Gasteiger partial charge on any atom is 0.232 e. The Morgan fingerprint density at radius 2 is 1.74 bits per heavy atom. The highest BCUT2D eigenvalue weighted by molar-refractivity contribution is 5.66. The summed E-state index contributed by atoms with van der Waals surface area (Å²) >= 11 is 0. The van der Waals surface area contributed by atoms with E-state index in [2.05, 4.69) is 43.4 Å². The summed E-state index contributed by atoms with van der Waals surface area (Å²) < 4.78 is 1.98. The molecule has 4 aromatic heterocycles. The number of hydrogen-bond donors (Lipinski definition) is 2. The molecule has 1 atom stereocenters. The van der Waals surface area contributed by atoms with E-state index in [1.165, 1.54) is 32.4 Å². The van der Waals surface area contributed by atoms with Gasteiger partial charge in [-0.3, -0.25) is 4.90 Å². The molecule has 2 fully saturated rings. The maximum absolute atomic E-state index is 4.90. The van der Waals surface area contributed by atoms with Crippen LogP contribution in [0.4, 0.5) is 29.1 Å². The Hall–Kier alpha value is -3.72. The Bertz CT molecular complexity index is 1320. The first-order valence-corrected chi connectivity index (χ1v) is 12.4. The van der Waals surface area contributed by atoms with E-state index in [0.29, 0.717) is 12.0 Å². The zero-order valence-electron chi connectivity index (χ0n) is 20.3. The first-order chi connectivity index (χ1) is 17.1. The summed E-state index contributed by atoms with van der Waals surface area (Å²) in [4.78, 5) is 23.7. The summed E-state index contributed by atoms with van der Waals surface area (Å²) in [7, 11) is 0. The van der Waals surface area contributed by atoms with Crippen molar-refractivity contribution in [1.29, 1.82) is 0 Å². The van der Waals surface area contributed by atoms with Crippen LogP contribution in [0.25, 0.3) is 5.65 Å². The van der Waals surface area contributed by atoms with E-state index in [-0.39, 0.29) is 0 Å². The van der Waals surface area contributed by atoms with Crippen molar-refractivity contribution in [2.24, 2.45) is 0 Å². The lowest BCUT2D eigenvalue weighted by Gasteiger charge is -2.24. The van der Waals surface area contributed by atoms with Gasteiger partial charge >= 0.3 is 0 Å². The van der Waals surface area contributed by atoms with Crippen LogP contribution in [0.1, 0.15) is 30.5 Å². The zero-order valence-corrected chi connectivity index (χ0v) is 20.3. The molecule has 6 heterocycles. The molecule has 0 amide bonds. The first-order valence-electron chi connectivity index (χ1n) is 12.4. The Kier molecular flexibility index (Phi) is 5.69. The lowest BCUT2D eigenvalue weighted by Crippen LogP contribution is -2.35. The summed E-state index contributed by atoms with van der Waals surface area (Å²) in [6.07, 6.45) is 9.53. The topological polar surface area (TPSA) is 86.5 Å². The van der Waals surface area contributed by atoms with Crippen molar-refractivity contribution >= 4 is 34.7 Å². The lowest BCUT2D eigenvalue weighted by molar-refractivity contribution is 0.260. The van der Waals surface area contributed by atoms with Crippen LogP contribution in [0, 0.1) is 13.8 Å². The molecule has 9 heteroatoms. The van der Waals surface area contributed by atoms with Crippen molar-refractivity contribution in [3.8, 4) is 0 Å².